The first kappa shape index (κ1) is 20.2. The van der Waals surface area contributed by atoms with Crippen molar-refractivity contribution in [2.24, 2.45) is 0 Å². The highest BCUT2D eigenvalue weighted by molar-refractivity contribution is 4.46. The molecule has 0 saturated carbocycles. The van der Waals surface area contributed by atoms with Crippen molar-refractivity contribution in [3.63, 3.8) is 0 Å². The molecule has 112 valence electrons. The SMILES string of the molecule is CCCCCCCCCCCCO.OCCOO. The van der Waals surface area contributed by atoms with Crippen LogP contribution in [0.5, 0.6) is 0 Å². The van der Waals surface area contributed by atoms with E-state index < -0.39 is 0 Å². The van der Waals surface area contributed by atoms with Gasteiger partial charge in [-0.2, -0.15) is 0 Å². The predicted molar refractivity (Wildman–Crippen MR) is 74.6 cm³/mol. The Balaban J connectivity index is 0. The van der Waals surface area contributed by atoms with Crippen molar-refractivity contribution in [2.45, 2.75) is 71.1 Å². The van der Waals surface area contributed by atoms with Gasteiger partial charge in [-0.1, -0.05) is 64.7 Å². The minimum atomic E-state index is -0.128. The lowest BCUT2D eigenvalue weighted by molar-refractivity contribution is -0.246. The minimum absolute atomic E-state index is 0. The molecule has 4 heteroatoms. The molecule has 0 spiro atoms. The standard InChI is InChI=1S/C12H26O.C2H6O3/c1-2-3-4-5-6-7-8-9-10-11-12-13;3-1-2-5-4/h13H,2-12H2,1H3;3-4H,1-2H2. The third kappa shape index (κ3) is 24.9. The van der Waals surface area contributed by atoms with Gasteiger partial charge in [-0.25, -0.2) is 4.89 Å². The highest BCUT2D eigenvalue weighted by atomic mass is 17.1. The van der Waals surface area contributed by atoms with Crippen molar-refractivity contribution < 1.29 is 20.4 Å². The summed E-state index contributed by atoms with van der Waals surface area (Å²) in [5, 5.41) is 23.8. The fourth-order valence-electron chi connectivity index (χ4n) is 1.64. The van der Waals surface area contributed by atoms with E-state index in [0.717, 1.165) is 6.42 Å². The summed E-state index contributed by atoms with van der Waals surface area (Å²) in [5.41, 5.74) is 0. The van der Waals surface area contributed by atoms with Gasteiger partial charge in [-0.3, -0.25) is 5.26 Å². The van der Waals surface area contributed by atoms with Gasteiger partial charge in [-0.05, 0) is 6.42 Å². The van der Waals surface area contributed by atoms with Crippen molar-refractivity contribution in [3.8, 4) is 0 Å². The third-order valence-corrected chi connectivity index (χ3v) is 2.69. The molecule has 0 aromatic rings. The average Bonchev–Trinajstić information content (AvgIpc) is 2.39. The van der Waals surface area contributed by atoms with Crippen molar-refractivity contribution in [2.75, 3.05) is 19.8 Å². The topological polar surface area (TPSA) is 69.9 Å². The number of unbranched alkanes of at least 4 members (excludes halogenated alkanes) is 9. The third-order valence-electron chi connectivity index (χ3n) is 2.69. The molecule has 0 amide bonds. The summed E-state index contributed by atoms with van der Waals surface area (Å²) in [5.74, 6) is 0. The Morgan fingerprint density at radius 2 is 1.11 bits per heavy atom. The zero-order chi connectivity index (χ0) is 13.9. The summed E-state index contributed by atoms with van der Waals surface area (Å²) >= 11 is 0. The van der Waals surface area contributed by atoms with Crippen LogP contribution in [0.25, 0.3) is 0 Å². The smallest absolute Gasteiger partial charge is 0.105 e. The maximum Gasteiger partial charge on any atom is 0.105 e. The van der Waals surface area contributed by atoms with E-state index in [1.807, 2.05) is 0 Å². The number of hydrogen-bond acceptors (Lipinski definition) is 4. The Hall–Kier alpha value is -0.160. The van der Waals surface area contributed by atoms with Crippen molar-refractivity contribution in [1.29, 1.82) is 0 Å². The molecule has 18 heavy (non-hydrogen) atoms. The van der Waals surface area contributed by atoms with Crippen LogP contribution in [0.1, 0.15) is 71.1 Å². The van der Waals surface area contributed by atoms with Crippen LogP contribution in [0.3, 0.4) is 0 Å². The summed E-state index contributed by atoms with van der Waals surface area (Å²) in [7, 11) is 0. The van der Waals surface area contributed by atoms with Gasteiger partial charge >= 0.3 is 0 Å². The fourth-order valence-corrected chi connectivity index (χ4v) is 1.64. The lowest BCUT2D eigenvalue weighted by Gasteiger charge is -2.00. The highest BCUT2D eigenvalue weighted by Gasteiger charge is 1.91. The number of aliphatic hydroxyl groups excluding tert-OH is 2. The van der Waals surface area contributed by atoms with Crippen molar-refractivity contribution >= 4 is 0 Å². The summed E-state index contributed by atoms with van der Waals surface area (Å²) in [4.78, 5) is 3.44. The Labute approximate surface area is 112 Å². The van der Waals surface area contributed by atoms with Gasteiger partial charge in [-0.15, -0.1) is 0 Å². The molecule has 4 nitrogen and oxygen atoms in total. The molecule has 3 N–H and O–H groups in total. The zero-order valence-electron chi connectivity index (χ0n) is 11.9. The predicted octanol–water partition coefficient (Wildman–Crippen LogP) is 3.37. The van der Waals surface area contributed by atoms with E-state index in [1.165, 1.54) is 57.8 Å². The molecule has 0 heterocycles. The van der Waals surface area contributed by atoms with Gasteiger partial charge in [0.1, 0.15) is 6.61 Å². The number of rotatable bonds is 12. The summed E-state index contributed by atoms with van der Waals surface area (Å²) in [6, 6.07) is 0. The second-order valence-corrected chi connectivity index (χ2v) is 4.46. The summed E-state index contributed by atoms with van der Waals surface area (Å²) < 4.78 is 0. The first-order valence-electron chi connectivity index (χ1n) is 7.31. The molecule has 0 unspecified atom stereocenters. The molecule has 0 fully saturated rings. The molecule has 0 bridgehead atoms. The Kier molecular flexibility index (Phi) is 24.7. The van der Waals surface area contributed by atoms with Gasteiger partial charge in [0.05, 0.1) is 6.61 Å². The van der Waals surface area contributed by atoms with E-state index in [1.54, 1.807) is 0 Å². The summed E-state index contributed by atoms with van der Waals surface area (Å²) in [6.45, 7) is 2.50. The molecular formula is C14H32O4. The van der Waals surface area contributed by atoms with Gasteiger partial charge in [0.25, 0.3) is 0 Å². The van der Waals surface area contributed by atoms with E-state index in [4.69, 9.17) is 15.5 Å². The van der Waals surface area contributed by atoms with Gasteiger partial charge in [0.15, 0.2) is 0 Å². The lowest BCUT2D eigenvalue weighted by atomic mass is 10.1. The molecule has 0 atom stereocenters. The number of aliphatic hydroxyl groups is 2. The second-order valence-electron chi connectivity index (χ2n) is 4.46. The molecule has 0 radical (unpaired) electrons. The van der Waals surface area contributed by atoms with Crippen molar-refractivity contribution in [3.05, 3.63) is 0 Å². The van der Waals surface area contributed by atoms with Crippen LogP contribution in [0, 0.1) is 0 Å². The van der Waals surface area contributed by atoms with E-state index in [9.17, 15) is 0 Å². The van der Waals surface area contributed by atoms with Gasteiger partial charge in [0, 0.05) is 6.61 Å². The van der Waals surface area contributed by atoms with Crippen LogP contribution < -0.4 is 0 Å². The van der Waals surface area contributed by atoms with E-state index >= 15 is 0 Å². The maximum absolute atomic E-state index is 8.57. The van der Waals surface area contributed by atoms with Crippen LogP contribution in [-0.4, -0.2) is 35.3 Å². The van der Waals surface area contributed by atoms with Gasteiger partial charge in [0.2, 0.25) is 0 Å². The fraction of sp³-hybridized carbons (Fsp3) is 1.00. The Morgan fingerprint density at radius 3 is 1.39 bits per heavy atom. The molecule has 0 aliphatic heterocycles. The molecule has 0 aliphatic rings. The second kappa shape index (κ2) is 22.1. The summed E-state index contributed by atoms with van der Waals surface area (Å²) in [6.07, 6.45) is 13.3. The molecule has 0 aliphatic carbocycles. The van der Waals surface area contributed by atoms with Crippen molar-refractivity contribution in [1.82, 2.24) is 0 Å². The van der Waals surface area contributed by atoms with Gasteiger partial charge < -0.3 is 10.2 Å². The Morgan fingerprint density at radius 1 is 0.667 bits per heavy atom. The highest BCUT2D eigenvalue weighted by Crippen LogP contribution is 2.09. The van der Waals surface area contributed by atoms with Crippen LogP contribution in [0.2, 0.25) is 0 Å². The lowest BCUT2D eigenvalue weighted by Crippen LogP contribution is -1.92. The quantitative estimate of drug-likeness (QED) is 0.287. The van der Waals surface area contributed by atoms with Crippen LogP contribution >= 0.6 is 0 Å². The monoisotopic (exact) mass is 264 g/mol. The first-order valence-corrected chi connectivity index (χ1v) is 7.31. The first-order chi connectivity index (χ1) is 8.83. The van der Waals surface area contributed by atoms with E-state index in [2.05, 4.69) is 11.8 Å². The van der Waals surface area contributed by atoms with E-state index in [-0.39, 0.29) is 13.2 Å². The number of hydrogen-bond donors (Lipinski definition) is 3. The normalized spacial score (nSPS) is 10.0. The van der Waals surface area contributed by atoms with Crippen LogP contribution in [0.15, 0.2) is 0 Å². The maximum atomic E-state index is 8.57. The molecular weight excluding hydrogens is 232 g/mol. The average molecular weight is 264 g/mol. The molecule has 0 saturated heterocycles. The minimum Gasteiger partial charge on any atom is -0.396 e. The van der Waals surface area contributed by atoms with Crippen LogP contribution in [0.4, 0.5) is 0 Å². The Bertz CT molecular complexity index is 108. The zero-order valence-corrected chi connectivity index (χ0v) is 11.9. The molecule has 0 rings (SSSR count). The molecule has 0 aromatic carbocycles. The van der Waals surface area contributed by atoms with E-state index in [0.29, 0.717) is 6.61 Å². The largest absolute Gasteiger partial charge is 0.396 e. The molecule has 0 aromatic heterocycles. The van der Waals surface area contributed by atoms with Crippen LogP contribution in [-0.2, 0) is 4.89 Å².